The molecule has 1 amide bonds. The van der Waals surface area contributed by atoms with E-state index in [0.717, 1.165) is 5.56 Å². The molecule has 0 aliphatic heterocycles. The molecule has 3 aromatic heterocycles. The van der Waals surface area contributed by atoms with Crippen molar-refractivity contribution in [1.29, 1.82) is 5.26 Å². The largest absolute Gasteiger partial charge is 0.379 e. The number of nitro groups is 1. The van der Waals surface area contributed by atoms with Gasteiger partial charge in [-0.1, -0.05) is 24.8 Å². The summed E-state index contributed by atoms with van der Waals surface area (Å²) in [7, 11) is 0. The second kappa shape index (κ2) is 12.7. The summed E-state index contributed by atoms with van der Waals surface area (Å²) in [5.74, 6) is -0.685. The molecule has 39 heavy (non-hydrogen) atoms. The van der Waals surface area contributed by atoms with Crippen molar-refractivity contribution in [1.82, 2.24) is 14.0 Å². The van der Waals surface area contributed by atoms with Gasteiger partial charge in [-0.05, 0) is 51.8 Å². The molecule has 0 radical (unpaired) electrons. The SMILES string of the molecule is C=C/C=C/C(=C(\C)CC(=O)N=c1c(C#N)cc2c(=O)n3cccc(C)c3nc2n1CCCOC(C)C)[N+](=O)[O-]. The van der Waals surface area contributed by atoms with Crippen LogP contribution in [0.3, 0.4) is 0 Å². The monoisotopic (exact) mass is 530 g/mol. The molecular weight excluding hydrogens is 500 g/mol. The molecule has 0 spiro atoms. The van der Waals surface area contributed by atoms with Crippen LogP contribution in [0.5, 0.6) is 0 Å². The highest BCUT2D eigenvalue weighted by Gasteiger charge is 2.18. The van der Waals surface area contributed by atoms with E-state index in [-0.39, 0.29) is 58.0 Å². The second-order valence-electron chi connectivity index (χ2n) is 9.16. The first-order chi connectivity index (χ1) is 18.6. The number of amides is 1. The smallest absolute Gasteiger partial charge is 0.268 e. The molecule has 3 heterocycles. The third-order valence-corrected chi connectivity index (χ3v) is 5.87. The number of carbonyl (C=O) groups excluding carboxylic acids is 1. The summed E-state index contributed by atoms with van der Waals surface area (Å²) in [6, 6.07) is 6.98. The van der Waals surface area contributed by atoms with E-state index >= 15 is 0 Å². The lowest BCUT2D eigenvalue weighted by Crippen LogP contribution is -2.30. The van der Waals surface area contributed by atoms with Crippen LogP contribution >= 0.6 is 0 Å². The van der Waals surface area contributed by atoms with E-state index < -0.39 is 10.8 Å². The zero-order valence-electron chi connectivity index (χ0n) is 22.4. The van der Waals surface area contributed by atoms with Crippen LogP contribution in [0.25, 0.3) is 16.7 Å². The molecule has 0 saturated heterocycles. The minimum Gasteiger partial charge on any atom is -0.379 e. The molecule has 11 heteroatoms. The number of ether oxygens (including phenoxy) is 1. The van der Waals surface area contributed by atoms with Crippen molar-refractivity contribution in [2.75, 3.05) is 6.61 Å². The standard InChI is InChI=1S/C28H30N6O5/c1-6-7-11-23(34(37)38)20(5)15-24(35)30-26-21(17-29)16-22-27(32(26)13-9-14-39-18(2)3)31-25-19(4)10-8-12-33(25)28(22)36/h6-8,10-12,16,18H,1,9,13-15H2,2-5H3/b11-7+,23-20-,30-26?. The number of aromatic nitrogens is 3. The van der Waals surface area contributed by atoms with Crippen LogP contribution in [0.2, 0.25) is 0 Å². The molecule has 0 bridgehead atoms. The van der Waals surface area contributed by atoms with Gasteiger partial charge in [0, 0.05) is 31.0 Å². The Morgan fingerprint density at radius 1 is 1.38 bits per heavy atom. The third-order valence-electron chi connectivity index (χ3n) is 5.87. The maximum Gasteiger partial charge on any atom is 0.268 e. The number of allylic oxidation sites excluding steroid dienone is 3. The first kappa shape index (κ1) is 28.9. The van der Waals surface area contributed by atoms with Gasteiger partial charge in [0.1, 0.15) is 17.4 Å². The van der Waals surface area contributed by atoms with Crippen molar-refractivity contribution in [3.05, 3.63) is 97.6 Å². The predicted octanol–water partition coefficient (Wildman–Crippen LogP) is 3.75. The minimum absolute atomic E-state index is 0.00909. The van der Waals surface area contributed by atoms with Crippen molar-refractivity contribution in [2.45, 2.75) is 53.2 Å². The average Bonchev–Trinajstić information content (AvgIpc) is 2.88. The Bertz CT molecular complexity index is 1690. The van der Waals surface area contributed by atoms with Gasteiger partial charge >= 0.3 is 0 Å². The number of aryl methyl sites for hydroxylation is 2. The second-order valence-corrected chi connectivity index (χ2v) is 9.16. The van der Waals surface area contributed by atoms with Gasteiger partial charge in [0.25, 0.3) is 17.2 Å². The lowest BCUT2D eigenvalue weighted by molar-refractivity contribution is -0.420. The number of hydrogen-bond donors (Lipinski definition) is 0. The van der Waals surface area contributed by atoms with Crippen LogP contribution in [-0.2, 0) is 16.1 Å². The topological polar surface area (TPSA) is 145 Å². The number of rotatable bonds is 10. The van der Waals surface area contributed by atoms with Crippen LogP contribution in [0.1, 0.15) is 44.7 Å². The number of carbonyl (C=O) groups is 1. The maximum absolute atomic E-state index is 13.4. The number of nitrogens with zero attached hydrogens (tertiary/aromatic N) is 6. The lowest BCUT2D eigenvalue weighted by Gasteiger charge is -2.15. The van der Waals surface area contributed by atoms with Gasteiger partial charge in [-0.25, -0.2) is 4.98 Å². The van der Waals surface area contributed by atoms with Crippen LogP contribution in [0.4, 0.5) is 0 Å². The van der Waals surface area contributed by atoms with Gasteiger partial charge in [0.2, 0.25) is 0 Å². The molecular formula is C28H30N6O5. The van der Waals surface area contributed by atoms with Crippen molar-refractivity contribution in [3.8, 4) is 6.07 Å². The summed E-state index contributed by atoms with van der Waals surface area (Å²) in [6.07, 6.45) is 5.83. The van der Waals surface area contributed by atoms with Gasteiger partial charge in [-0.2, -0.15) is 10.3 Å². The number of hydrogen-bond acceptors (Lipinski definition) is 7. The third kappa shape index (κ3) is 6.61. The van der Waals surface area contributed by atoms with Crippen LogP contribution < -0.4 is 11.0 Å². The minimum atomic E-state index is -0.685. The van der Waals surface area contributed by atoms with Crippen molar-refractivity contribution in [3.63, 3.8) is 0 Å². The fourth-order valence-electron chi connectivity index (χ4n) is 4.04. The normalized spacial score (nSPS) is 12.8. The Labute approximate surface area is 224 Å². The van der Waals surface area contributed by atoms with Crippen LogP contribution in [0.15, 0.2) is 70.3 Å². The molecule has 0 saturated carbocycles. The fourth-order valence-corrected chi connectivity index (χ4v) is 4.04. The molecule has 3 rings (SSSR count). The molecule has 0 fully saturated rings. The van der Waals surface area contributed by atoms with E-state index in [0.29, 0.717) is 18.7 Å². The highest BCUT2D eigenvalue weighted by molar-refractivity contribution is 5.81. The van der Waals surface area contributed by atoms with Crippen molar-refractivity contribution < 1.29 is 14.5 Å². The zero-order chi connectivity index (χ0) is 28.7. The summed E-state index contributed by atoms with van der Waals surface area (Å²) < 4.78 is 8.65. The van der Waals surface area contributed by atoms with Crippen molar-refractivity contribution >= 4 is 22.6 Å². The molecule has 202 valence electrons. The van der Waals surface area contributed by atoms with Crippen LogP contribution in [-0.4, -0.2) is 37.5 Å². The highest BCUT2D eigenvalue weighted by atomic mass is 16.6. The summed E-state index contributed by atoms with van der Waals surface area (Å²) in [6.45, 7) is 11.3. The Morgan fingerprint density at radius 3 is 2.77 bits per heavy atom. The first-order valence-corrected chi connectivity index (χ1v) is 12.4. The van der Waals surface area contributed by atoms with E-state index in [9.17, 15) is 25.0 Å². The van der Waals surface area contributed by atoms with Gasteiger partial charge in [-0.3, -0.25) is 24.1 Å². The molecule has 0 unspecified atom stereocenters. The maximum atomic E-state index is 13.4. The Morgan fingerprint density at radius 2 is 2.13 bits per heavy atom. The van der Waals surface area contributed by atoms with Gasteiger partial charge < -0.3 is 9.30 Å². The molecule has 11 nitrogen and oxygen atoms in total. The highest BCUT2D eigenvalue weighted by Crippen LogP contribution is 2.15. The number of pyridine rings is 2. The Kier molecular flexibility index (Phi) is 9.41. The number of nitriles is 1. The summed E-state index contributed by atoms with van der Waals surface area (Å²) >= 11 is 0. The summed E-state index contributed by atoms with van der Waals surface area (Å²) in [5.41, 5.74) is 1.11. The quantitative estimate of drug-likeness (QED) is 0.128. The Hall–Kier alpha value is -4.69. The Balaban J connectivity index is 2.27. The van der Waals surface area contributed by atoms with Crippen LogP contribution in [0, 0.1) is 28.4 Å². The van der Waals surface area contributed by atoms with Gasteiger partial charge in [0.15, 0.2) is 5.49 Å². The molecule has 0 aliphatic carbocycles. The molecule has 0 aliphatic rings. The number of fused-ring (bicyclic) bond motifs is 2. The fraction of sp³-hybridized carbons (Fsp3) is 0.321. The van der Waals surface area contributed by atoms with Crippen molar-refractivity contribution in [2.24, 2.45) is 4.99 Å². The zero-order valence-corrected chi connectivity index (χ0v) is 22.4. The van der Waals surface area contributed by atoms with E-state index in [1.807, 2.05) is 32.9 Å². The first-order valence-electron chi connectivity index (χ1n) is 12.4. The summed E-state index contributed by atoms with van der Waals surface area (Å²) in [5, 5.41) is 21.6. The summed E-state index contributed by atoms with van der Waals surface area (Å²) in [4.78, 5) is 46.2. The molecule has 0 aromatic carbocycles. The lowest BCUT2D eigenvalue weighted by atomic mass is 10.1. The molecule has 0 atom stereocenters. The molecule has 0 N–H and O–H groups in total. The van der Waals surface area contributed by atoms with E-state index in [1.54, 1.807) is 16.8 Å². The van der Waals surface area contributed by atoms with E-state index in [4.69, 9.17) is 9.72 Å². The molecule has 3 aromatic rings. The average molecular weight is 531 g/mol. The predicted molar refractivity (Wildman–Crippen MR) is 146 cm³/mol. The van der Waals surface area contributed by atoms with Gasteiger partial charge in [-0.15, -0.1) is 0 Å². The van der Waals surface area contributed by atoms with E-state index in [1.165, 1.54) is 35.6 Å². The van der Waals surface area contributed by atoms with Gasteiger partial charge in [0.05, 0.1) is 28.4 Å². The van der Waals surface area contributed by atoms with E-state index in [2.05, 4.69) is 11.6 Å².